The van der Waals surface area contributed by atoms with Crippen LogP contribution in [-0.2, 0) is 7.05 Å². The Labute approximate surface area is 164 Å². The van der Waals surface area contributed by atoms with Gasteiger partial charge in [0.15, 0.2) is 0 Å². The van der Waals surface area contributed by atoms with Gasteiger partial charge < -0.3 is 8.98 Å². The van der Waals surface area contributed by atoms with Gasteiger partial charge in [-0.1, -0.05) is 23.7 Å². The van der Waals surface area contributed by atoms with Gasteiger partial charge in [-0.2, -0.15) is 5.10 Å². The van der Waals surface area contributed by atoms with Crippen molar-refractivity contribution in [2.45, 2.75) is 0 Å². The molecule has 0 spiro atoms. The molecule has 0 bridgehead atoms. The Balaban J connectivity index is 1.51. The number of aryl methyl sites for hydroxylation is 1. The number of hydrazone groups is 1. The number of nitro groups is 1. The third kappa shape index (κ3) is 3.33. The fourth-order valence-electron chi connectivity index (χ4n) is 2.78. The monoisotopic (exact) mass is 395 g/mol. The number of anilines is 1. The van der Waals surface area contributed by atoms with Gasteiger partial charge in [0.25, 0.3) is 5.69 Å². The van der Waals surface area contributed by atoms with Crippen LogP contribution in [0.25, 0.3) is 22.4 Å². The van der Waals surface area contributed by atoms with Gasteiger partial charge in [-0.25, -0.2) is 10.4 Å². The minimum absolute atomic E-state index is 0.0752. The molecule has 0 saturated heterocycles. The number of hydrogen-bond acceptors (Lipinski definition) is 6. The largest absolute Gasteiger partial charge is 0.455 e. The van der Waals surface area contributed by atoms with Gasteiger partial charge in [-0.15, -0.1) is 0 Å². The summed E-state index contributed by atoms with van der Waals surface area (Å²) in [5, 5.41) is 15.2. The molecule has 0 radical (unpaired) electrons. The molecule has 0 aliphatic carbocycles. The average Bonchev–Trinajstić information content (AvgIpc) is 3.27. The first-order chi connectivity index (χ1) is 13.5. The van der Waals surface area contributed by atoms with Crippen molar-refractivity contribution in [2.24, 2.45) is 12.1 Å². The number of benzene rings is 2. The van der Waals surface area contributed by atoms with Gasteiger partial charge >= 0.3 is 0 Å². The molecule has 1 N–H and O–H groups in total. The number of non-ortho nitro benzene ring substituents is 1. The number of rotatable bonds is 5. The van der Waals surface area contributed by atoms with E-state index < -0.39 is 4.92 Å². The summed E-state index contributed by atoms with van der Waals surface area (Å²) in [6, 6.07) is 15.5. The Morgan fingerprint density at radius 1 is 1.25 bits per heavy atom. The molecule has 0 unspecified atom stereocenters. The molecule has 0 aliphatic rings. The van der Waals surface area contributed by atoms with E-state index in [1.165, 1.54) is 18.3 Å². The molecule has 0 aliphatic heterocycles. The van der Waals surface area contributed by atoms with Crippen LogP contribution in [0.5, 0.6) is 0 Å². The number of halogens is 1. The van der Waals surface area contributed by atoms with Gasteiger partial charge in [-0.05, 0) is 30.3 Å². The maximum Gasteiger partial charge on any atom is 0.270 e. The number of hydrogen-bond donors (Lipinski definition) is 1. The number of aromatic nitrogens is 2. The summed E-state index contributed by atoms with van der Waals surface area (Å²) in [6.07, 6.45) is 1.52. The second kappa shape index (κ2) is 7.16. The van der Waals surface area contributed by atoms with Crippen LogP contribution >= 0.6 is 11.6 Å². The van der Waals surface area contributed by atoms with E-state index in [1.54, 1.807) is 18.2 Å². The molecule has 0 saturated carbocycles. The first-order valence-corrected chi connectivity index (χ1v) is 8.65. The molecule has 0 atom stereocenters. The van der Waals surface area contributed by atoms with E-state index in [0.29, 0.717) is 23.0 Å². The van der Waals surface area contributed by atoms with E-state index in [4.69, 9.17) is 16.0 Å². The molecule has 2 aromatic heterocycles. The van der Waals surface area contributed by atoms with E-state index in [9.17, 15) is 10.1 Å². The van der Waals surface area contributed by atoms with E-state index in [-0.39, 0.29) is 10.7 Å². The topological polar surface area (TPSA) is 98.5 Å². The lowest BCUT2D eigenvalue weighted by Crippen LogP contribution is -1.98. The smallest absolute Gasteiger partial charge is 0.270 e. The molecule has 28 heavy (non-hydrogen) atoms. The lowest BCUT2D eigenvalue weighted by atomic mass is 10.1. The van der Waals surface area contributed by atoms with Crippen LogP contribution in [0.1, 0.15) is 5.76 Å². The van der Waals surface area contributed by atoms with Crippen molar-refractivity contribution in [1.29, 1.82) is 0 Å². The van der Waals surface area contributed by atoms with Crippen LogP contribution in [-0.4, -0.2) is 20.7 Å². The summed E-state index contributed by atoms with van der Waals surface area (Å²) in [5.74, 6) is 1.59. The van der Waals surface area contributed by atoms with Crippen LogP contribution < -0.4 is 5.43 Å². The second-order valence-corrected chi connectivity index (χ2v) is 6.38. The van der Waals surface area contributed by atoms with Crippen LogP contribution in [0.2, 0.25) is 5.02 Å². The normalized spacial score (nSPS) is 11.4. The quantitative estimate of drug-likeness (QED) is 0.296. The number of para-hydroxylation sites is 2. The van der Waals surface area contributed by atoms with Crippen LogP contribution in [0, 0.1) is 10.1 Å². The minimum Gasteiger partial charge on any atom is -0.455 e. The minimum atomic E-state index is -0.497. The molecule has 8 nitrogen and oxygen atoms in total. The molecule has 0 amide bonds. The molecule has 4 rings (SSSR count). The summed E-state index contributed by atoms with van der Waals surface area (Å²) in [6.45, 7) is 0. The fraction of sp³-hybridized carbons (Fsp3) is 0.0526. The van der Waals surface area contributed by atoms with Crippen molar-refractivity contribution in [3.63, 3.8) is 0 Å². The van der Waals surface area contributed by atoms with Crippen molar-refractivity contribution >= 4 is 40.5 Å². The van der Waals surface area contributed by atoms with Crippen molar-refractivity contribution in [2.75, 3.05) is 5.43 Å². The van der Waals surface area contributed by atoms with Crippen molar-refractivity contribution < 1.29 is 9.34 Å². The Morgan fingerprint density at radius 3 is 2.82 bits per heavy atom. The standard InChI is InChI=1S/C19H14ClN5O3/c1-24-17-5-3-2-4-16(17)22-19(24)23-21-11-13-7-9-18(28-13)14-8-6-12(25(26)27)10-15(14)20/h2-11H,1H3,(H,22,23)/b21-11-. The number of furan rings is 1. The highest BCUT2D eigenvalue weighted by atomic mass is 35.5. The molecule has 2 heterocycles. The zero-order valence-corrected chi connectivity index (χ0v) is 15.4. The van der Waals surface area contributed by atoms with E-state index in [2.05, 4.69) is 15.5 Å². The lowest BCUT2D eigenvalue weighted by Gasteiger charge is -2.01. The maximum absolute atomic E-state index is 10.8. The van der Waals surface area contributed by atoms with Crippen molar-refractivity contribution in [3.8, 4) is 11.3 Å². The zero-order valence-electron chi connectivity index (χ0n) is 14.7. The van der Waals surface area contributed by atoms with Gasteiger partial charge in [0, 0.05) is 24.7 Å². The summed E-state index contributed by atoms with van der Waals surface area (Å²) < 4.78 is 7.61. The summed E-state index contributed by atoms with van der Waals surface area (Å²) in [4.78, 5) is 14.8. The summed E-state index contributed by atoms with van der Waals surface area (Å²) in [5.41, 5.74) is 5.25. The fourth-order valence-corrected chi connectivity index (χ4v) is 3.05. The molecule has 0 fully saturated rings. The van der Waals surface area contributed by atoms with Crippen LogP contribution in [0.4, 0.5) is 11.6 Å². The predicted molar refractivity (Wildman–Crippen MR) is 108 cm³/mol. The SMILES string of the molecule is Cn1c(N/N=C\c2ccc(-c3ccc([N+](=O)[O-])cc3Cl)o2)nc2ccccc21. The average molecular weight is 396 g/mol. The molecular weight excluding hydrogens is 382 g/mol. The first kappa shape index (κ1) is 17.7. The molecule has 9 heteroatoms. The van der Waals surface area contributed by atoms with Gasteiger partial charge in [-0.3, -0.25) is 10.1 Å². The second-order valence-electron chi connectivity index (χ2n) is 5.98. The molecule has 2 aromatic carbocycles. The Bertz CT molecular complexity index is 1210. The maximum atomic E-state index is 10.8. The predicted octanol–water partition coefficient (Wildman–Crippen LogP) is 4.84. The van der Waals surface area contributed by atoms with Gasteiger partial charge in [0.05, 0.1) is 27.2 Å². The highest BCUT2D eigenvalue weighted by Crippen LogP contribution is 2.32. The Morgan fingerprint density at radius 2 is 2.07 bits per heavy atom. The van der Waals surface area contributed by atoms with E-state index in [0.717, 1.165) is 11.0 Å². The van der Waals surface area contributed by atoms with Crippen LogP contribution in [0.15, 0.2) is 64.1 Å². The van der Waals surface area contributed by atoms with Crippen molar-refractivity contribution in [1.82, 2.24) is 9.55 Å². The number of fused-ring (bicyclic) bond motifs is 1. The van der Waals surface area contributed by atoms with Gasteiger partial charge in [0.2, 0.25) is 5.95 Å². The summed E-state index contributed by atoms with van der Waals surface area (Å²) in [7, 11) is 1.90. The van der Waals surface area contributed by atoms with E-state index in [1.807, 2.05) is 35.9 Å². The lowest BCUT2D eigenvalue weighted by molar-refractivity contribution is -0.384. The number of nitrogens with one attached hydrogen (secondary N) is 1. The third-order valence-corrected chi connectivity index (χ3v) is 4.51. The molecule has 4 aromatic rings. The highest BCUT2D eigenvalue weighted by Gasteiger charge is 2.13. The molecular formula is C19H14ClN5O3. The Kier molecular flexibility index (Phi) is 4.54. The van der Waals surface area contributed by atoms with Crippen molar-refractivity contribution in [3.05, 3.63) is 75.5 Å². The number of imidazole rings is 1. The zero-order chi connectivity index (χ0) is 19.7. The first-order valence-electron chi connectivity index (χ1n) is 8.27. The summed E-state index contributed by atoms with van der Waals surface area (Å²) >= 11 is 6.14. The Hall–Kier alpha value is -3.65. The van der Waals surface area contributed by atoms with E-state index >= 15 is 0 Å². The molecule has 140 valence electrons. The third-order valence-electron chi connectivity index (χ3n) is 4.20. The van der Waals surface area contributed by atoms with Crippen LogP contribution in [0.3, 0.4) is 0 Å². The number of nitro benzene ring substituents is 1. The highest BCUT2D eigenvalue weighted by molar-refractivity contribution is 6.33. The number of nitrogens with zero attached hydrogens (tertiary/aromatic N) is 4. The van der Waals surface area contributed by atoms with Gasteiger partial charge in [0.1, 0.15) is 11.5 Å².